The van der Waals surface area contributed by atoms with Gasteiger partial charge in [0.25, 0.3) is 0 Å². The van der Waals surface area contributed by atoms with Crippen LogP contribution in [-0.2, 0) is 0 Å². The number of aromatic carboxylic acids is 1. The van der Waals surface area contributed by atoms with Crippen molar-refractivity contribution in [3.8, 4) is 0 Å². The monoisotopic (exact) mass is 260 g/mol. The van der Waals surface area contributed by atoms with Gasteiger partial charge in [0.05, 0.1) is 17.9 Å². The van der Waals surface area contributed by atoms with Gasteiger partial charge in [0.2, 0.25) is 0 Å². The molecule has 0 aromatic carbocycles. The molecule has 1 aromatic heterocycles. The number of pyridine rings is 1. The summed E-state index contributed by atoms with van der Waals surface area (Å²) in [7, 11) is 0. The minimum Gasteiger partial charge on any atom is -0.477 e. The first-order chi connectivity index (χ1) is 8.87. The number of fused-ring (bicyclic) bond motifs is 3. The summed E-state index contributed by atoms with van der Waals surface area (Å²) in [6.07, 6.45) is 2.42. The number of carbonyl (C=O) groups is 1. The quantitative estimate of drug-likeness (QED) is 0.798. The van der Waals surface area contributed by atoms with Crippen molar-refractivity contribution in [2.24, 2.45) is 16.1 Å². The molecule has 3 heterocycles. The van der Waals surface area contributed by atoms with Crippen molar-refractivity contribution in [2.45, 2.75) is 26.3 Å². The zero-order chi connectivity index (χ0) is 13.8. The zero-order valence-electron chi connectivity index (χ0n) is 10.9. The van der Waals surface area contributed by atoms with Crippen LogP contribution in [0.3, 0.4) is 0 Å². The second-order valence-electron chi connectivity index (χ2n) is 5.92. The van der Waals surface area contributed by atoms with Crippen molar-refractivity contribution in [1.29, 1.82) is 0 Å². The predicted molar refractivity (Wildman–Crippen MR) is 70.3 cm³/mol. The molecule has 0 amide bonds. The molecule has 0 bridgehead atoms. The number of aliphatic imine (C=N–C) groups is 1. The molecule has 0 spiro atoms. The van der Waals surface area contributed by atoms with E-state index in [1.54, 1.807) is 6.07 Å². The van der Waals surface area contributed by atoms with Gasteiger partial charge in [0, 0.05) is 12.1 Å². The molecule has 2 aliphatic rings. The fourth-order valence-corrected chi connectivity index (χ4v) is 2.92. The van der Waals surface area contributed by atoms with Gasteiger partial charge < -0.3 is 15.7 Å². The standard InChI is InChI=1S/C13H16N4O2/c1-13(2)4-10-7-3-8(11(18)19)15-5-9(7)16-12(14)17(10)6-13/h3,5,10H,4,6H2,1-2H3,(H2,14,16)(H,18,19)/t10-/m1/s1. The lowest BCUT2D eigenvalue weighted by molar-refractivity contribution is 0.0690. The van der Waals surface area contributed by atoms with Gasteiger partial charge in [-0.3, -0.25) is 0 Å². The maximum absolute atomic E-state index is 11.0. The van der Waals surface area contributed by atoms with Crippen molar-refractivity contribution in [1.82, 2.24) is 9.88 Å². The number of aromatic nitrogens is 1. The van der Waals surface area contributed by atoms with Crippen LogP contribution < -0.4 is 5.73 Å². The van der Waals surface area contributed by atoms with Crippen LogP contribution in [0.25, 0.3) is 0 Å². The Morgan fingerprint density at radius 1 is 1.58 bits per heavy atom. The zero-order valence-corrected chi connectivity index (χ0v) is 10.9. The van der Waals surface area contributed by atoms with Gasteiger partial charge in [-0.25, -0.2) is 14.8 Å². The molecule has 6 heteroatoms. The molecule has 0 unspecified atom stereocenters. The Kier molecular flexibility index (Phi) is 2.32. The molecule has 1 atom stereocenters. The molecule has 0 saturated carbocycles. The largest absolute Gasteiger partial charge is 0.477 e. The van der Waals surface area contributed by atoms with E-state index in [4.69, 9.17) is 10.8 Å². The molecule has 100 valence electrons. The maximum atomic E-state index is 11.0. The smallest absolute Gasteiger partial charge is 0.354 e. The number of carboxylic acid groups (broad SMARTS) is 1. The molecule has 1 saturated heterocycles. The average molecular weight is 260 g/mol. The number of carboxylic acids is 1. The second kappa shape index (κ2) is 3.69. The van der Waals surface area contributed by atoms with E-state index < -0.39 is 5.97 Å². The first-order valence-corrected chi connectivity index (χ1v) is 6.21. The van der Waals surface area contributed by atoms with E-state index in [9.17, 15) is 4.79 Å². The van der Waals surface area contributed by atoms with Crippen molar-refractivity contribution in [3.05, 3.63) is 23.5 Å². The number of rotatable bonds is 1. The second-order valence-corrected chi connectivity index (χ2v) is 5.92. The normalized spacial score (nSPS) is 23.6. The summed E-state index contributed by atoms with van der Waals surface area (Å²) < 4.78 is 0. The lowest BCUT2D eigenvalue weighted by Gasteiger charge is -2.30. The Hall–Kier alpha value is -2.11. The number of nitrogens with zero attached hydrogens (tertiary/aromatic N) is 3. The van der Waals surface area contributed by atoms with Crippen molar-refractivity contribution in [2.75, 3.05) is 6.54 Å². The highest BCUT2D eigenvalue weighted by atomic mass is 16.4. The molecule has 2 aliphatic heterocycles. The van der Waals surface area contributed by atoms with Crippen LogP contribution in [0.2, 0.25) is 0 Å². The predicted octanol–water partition coefficient (Wildman–Crippen LogP) is 1.51. The number of hydrogen-bond donors (Lipinski definition) is 2. The fourth-order valence-electron chi connectivity index (χ4n) is 2.92. The fraction of sp³-hybridized carbons (Fsp3) is 0.462. The minimum absolute atomic E-state index is 0.0547. The molecule has 6 nitrogen and oxygen atoms in total. The van der Waals surface area contributed by atoms with E-state index >= 15 is 0 Å². The third-order valence-electron chi connectivity index (χ3n) is 3.74. The third kappa shape index (κ3) is 1.83. The van der Waals surface area contributed by atoms with Crippen LogP contribution in [0.15, 0.2) is 17.3 Å². The Labute approximate surface area is 111 Å². The lowest BCUT2D eigenvalue weighted by atomic mass is 9.88. The van der Waals surface area contributed by atoms with Gasteiger partial charge in [-0.15, -0.1) is 0 Å². The highest BCUT2D eigenvalue weighted by Crippen LogP contribution is 2.47. The highest BCUT2D eigenvalue weighted by Gasteiger charge is 2.42. The minimum atomic E-state index is -1.02. The summed E-state index contributed by atoms with van der Waals surface area (Å²) in [6.45, 7) is 5.19. The van der Waals surface area contributed by atoms with Gasteiger partial charge in [-0.2, -0.15) is 0 Å². The molecule has 3 N–H and O–H groups in total. The van der Waals surface area contributed by atoms with Crippen LogP contribution in [-0.4, -0.2) is 33.5 Å². The van der Waals surface area contributed by atoms with E-state index in [1.165, 1.54) is 6.20 Å². The first-order valence-electron chi connectivity index (χ1n) is 6.21. The van der Waals surface area contributed by atoms with E-state index in [-0.39, 0.29) is 17.2 Å². The van der Waals surface area contributed by atoms with Gasteiger partial charge in [-0.05, 0) is 17.9 Å². The molecule has 3 rings (SSSR count). The molecule has 1 aromatic rings. The van der Waals surface area contributed by atoms with Crippen molar-refractivity contribution < 1.29 is 9.90 Å². The third-order valence-corrected chi connectivity index (χ3v) is 3.74. The van der Waals surface area contributed by atoms with Crippen LogP contribution in [0.1, 0.15) is 42.4 Å². The number of hydrogen-bond acceptors (Lipinski definition) is 5. The van der Waals surface area contributed by atoms with Gasteiger partial charge in [0.1, 0.15) is 5.69 Å². The average Bonchev–Trinajstić information content (AvgIpc) is 2.65. The SMILES string of the molecule is CC1(C)C[C@@H]2c3cc(C(=O)O)ncc3N=C(N)N2C1. The van der Waals surface area contributed by atoms with Crippen molar-refractivity contribution in [3.63, 3.8) is 0 Å². The summed E-state index contributed by atoms with van der Waals surface area (Å²) in [6, 6.07) is 1.72. The summed E-state index contributed by atoms with van der Waals surface area (Å²) in [5.41, 5.74) is 7.77. The summed E-state index contributed by atoms with van der Waals surface area (Å²) in [5, 5.41) is 9.04. The van der Waals surface area contributed by atoms with Crippen molar-refractivity contribution >= 4 is 17.6 Å². The van der Waals surface area contributed by atoms with Crippen LogP contribution >= 0.6 is 0 Å². The number of nitrogens with two attached hydrogens (primary N) is 1. The highest BCUT2D eigenvalue weighted by molar-refractivity contribution is 5.88. The molecular formula is C13H16N4O2. The van der Waals surface area contributed by atoms with E-state index in [2.05, 4.69) is 23.8 Å². The van der Waals surface area contributed by atoms with Gasteiger partial charge in [0.15, 0.2) is 5.96 Å². The van der Waals surface area contributed by atoms with E-state index in [0.29, 0.717) is 11.6 Å². The molecular weight excluding hydrogens is 244 g/mol. The Morgan fingerprint density at radius 3 is 3.00 bits per heavy atom. The molecule has 1 fully saturated rings. The maximum Gasteiger partial charge on any atom is 0.354 e. The lowest BCUT2D eigenvalue weighted by Crippen LogP contribution is -2.39. The topological polar surface area (TPSA) is 91.8 Å². The van der Waals surface area contributed by atoms with E-state index in [1.807, 2.05) is 4.90 Å². The Balaban J connectivity index is 2.11. The van der Waals surface area contributed by atoms with Gasteiger partial charge >= 0.3 is 5.97 Å². The number of guanidine groups is 1. The molecule has 0 radical (unpaired) electrons. The van der Waals surface area contributed by atoms with Gasteiger partial charge in [-0.1, -0.05) is 13.8 Å². The molecule has 19 heavy (non-hydrogen) atoms. The Bertz CT molecular complexity index is 594. The van der Waals surface area contributed by atoms with Crippen LogP contribution in [0.4, 0.5) is 5.69 Å². The Morgan fingerprint density at radius 2 is 2.32 bits per heavy atom. The van der Waals surface area contributed by atoms with E-state index in [0.717, 1.165) is 18.5 Å². The first kappa shape index (κ1) is 12.0. The van der Waals surface area contributed by atoms with Crippen LogP contribution in [0.5, 0.6) is 0 Å². The van der Waals surface area contributed by atoms with Crippen LogP contribution in [0, 0.1) is 5.41 Å². The summed E-state index contributed by atoms with van der Waals surface area (Å²) >= 11 is 0. The molecule has 0 aliphatic carbocycles. The summed E-state index contributed by atoms with van der Waals surface area (Å²) in [4.78, 5) is 21.3. The summed E-state index contributed by atoms with van der Waals surface area (Å²) in [5.74, 6) is -0.526.